The van der Waals surface area contributed by atoms with Gasteiger partial charge in [-0.05, 0) is 56.4 Å². The van der Waals surface area contributed by atoms with Gasteiger partial charge < -0.3 is 10.2 Å². The fourth-order valence-electron chi connectivity index (χ4n) is 4.04. The predicted molar refractivity (Wildman–Crippen MR) is 117 cm³/mol. The van der Waals surface area contributed by atoms with Crippen LogP contribution in [0, 0.1) is 0 Å². The summed E-state index contributed by atoms with van der Waals surface area (Å²) in [5.74, 6) is 0.197. The molecule has 0 bridgehead atoms. The number of phenols is 1. The predicted octanol–water partition coefficient (Wildman–Crippen LogP) is 5.84. The summed E-state index contributed by atoms with van der Waals surface area (Å²) < 4.78 is 0. The number of aromatic nitrogens is 1. The number of aliphatic hydroxyl groups is 1. The Balaban J connectivity index is 1.89. The first-order chi connectivity index (χ1) is 14.2. The third-order valence-electron chi connectivity index (χ3n) is 5.43. The second-order valence-corrected chi connectivity index (χ2v) is 7.11. The van der Waals surface area contributed by atoms with Crippen LogP contribution in [-0.4, -0.2) is 15.2 Å². The molecule has 2 N–H and O–H groups in total. The minimum absolute atomic E-state index is 0.197. The summed E-state index contributed by atoms with van der Waals surface area (Å²) in [6.45, 7) is 0. The highest BCUT2D eigenvalue weighted by molar-refractivity contribution is 6.08. The molecule has 5 aromatic rings. The Labute approximate surface area is 168 Å². The Kier molecular flexibility index (Phi) is 4.23. The lowest BCUT2D eigenvalue weighted by Crippen LogP contribution is -2.03. The van der Waals surface area contributed by atoms with Crippen molar-refractivity contribution in [3.8, 4) is 16.9 Å². The molecule has 1 aromatic heterocycles. The Morgan fingerprint density at radius 3 is 1.90 bits per heavy atom. The third-order valence-corrected chi connectivity index (χ3v) is 5.43. The molecule has 0 spiro atoms. The van der Waals surface area contributed by atoms with E-state index in [1.165, 1.54) is 0 Å². The van der Waals surface area contributed by atoms with Crippen LogP contribution in [0.4, 0.5) is 0 Å². The molecular weight excluding hydrogens is 358 g/mol. The Morgan fingerprint density at radius 2 is 1.21 bits per heavy atom. The van der Waals surface area contributed by atoms with Gasteiger partial charge in [0.1, 0.15) is 11.9 Å². The summed E-state index contributed by atoms with van der Waals surface area (Å²) >= 11 is 0. The summed E-state index contributed by atoms with van der Waals surface area (Å²) in [6.07, 6.45) is 2.51. The van der Waals surface area contributed by atoms with Crippen molar-refractivity contribution in [3.05, 3.63) is 108 Å². The fraction of sp³-hybridized carbons (Fsp3) is 0.0385. The van der Waals surface area contributed by atoms with Gasteiger partial charge in [-0.3, -0.25) is 4.98 Å². The van der Waals surface area contributed by atoms with Crippen LogP contribution in [0.1, 0.15) is 17.2 Å². The minimum atomic E-state index is -0.837. The number of pyridine rings is 1. The SMILES string of the molecule is Oc1ccc2ccccc2c1-c1c([C@H](O)c2ccncc2)ccc2ccccc12. The first-order valence-electron chi connectivity index (χ1n) is 9.55. The molecule has 0 amide bonds. The number of nitrogens with zero attached hydrogens (tertiary/aromatic N) is 1. The summed E-state index contributed by atoms with van der Waals surface area (Å²) in [7, 11) is 0. The second kappa shape index (κ2) is 7.04. The van der Waals surface area contributed by atoms with Gasteiger partial charge in [-0.2, -0.15) is 0 Å². The minimum Gasteiger partial charge on any atom is -0.507 e. The highest BCUT2D eigenvalue weighted by Crippen LogP contribution is 2.44. The van der Waals surface area contributed by atoms with Crippen molar-refractivity contribution in [3.63, 3.8) is 0 Å². The molecule has 0 saturated heterocycles. The monoisotopic (exact) mass is 377 g/mol. The summed E-state index contributed by atoms with van der Waals surface area (Å²) in [4.78, 5) is 4.06. The maximum Gasteiger partial charge on any atom is 0.124 e. The zero-order valence-corrected chi connectivity index (χ0v) is 15.7. The zero-order valence-electron chi connectivity index (χ0n) is 15.7. The van der Waals surface area contributed by atoms with Gasteiger partial charge >= 0.3 is 0 Å². The largest absolute Gasteiger partial charge is 0.507 e. The second-order valence-electron chi connectivity index (χ2n) is 7.11. The number of fused-ring (bicyclic) bond motifs is 2. The lowest BCUT2D eigenvalue weighted by atomic mass is 9.86. The maximum atomic E-state index is 11.2. The highest BCUT2D eigenvalue weighted by Gasteiger charge is 2.21. The molecule has 29 heavy (non-hydrogen) atoms. The number of benzene rings is 4. The van der Waals surface area contributed by atoms with Crippen molar-refractivity contribution in [2.75, 3.05) is 0 Å². The number of hydrogen-bond donors (Lipinski definition) is 2. The van der Waals surface area contributed by atoms with E-state index in [1.54, 1.807) is 18.5 Å². The molecule has 3 heteroatoms. The van der Waals surface area contributed by atoms with E-state index < -0.39 is 6.10 Å². The van der Waals surface area contributed by atoms with Crippen molar-refractivity contribution in [1.82, 2.24) is 4.98 Å². The Morgan fingerprint density at radius 1 is 0.621 bits per heavy atom. The van der Waals surface area contributed by atoms with E-state index in [9.17, 15) is 10.2 Å². The van der Waals surface area contributed by atoms with Crippen LogP contribution in [0.5, 0.6) is 5.75 Å². The van der Waals surface area contributed by atoms with Crippen LogP contribution in [0.15, 0.2) is 97.3 Å². The van der Waals surface area contributed by atoms with E-state index in [-0.39, 0.29) is 5.75 Å². The zero-order chi connectivity index (χ0) is 19.8. The summed E-state index contributed by atoms with van der Waals surface area (Å²) in [5, 5.41) is 26.2. The van der Waals surface area contributed by atoms with Crippen molar-refractivity contribution >= 4 is 21.5 Å². The smallest absolute Gasteiger partial charge is 0.124 e. The van der Waals surface area contributed by atoms with E-state index in [0.29, 0.717) is 0 Å². The van der Waals surface area contributed by atoms with Crippen molar-refractivity contribution in [2.45, 2.75) is 6.10 Å². The lowest BCUT2D eigenvalue weighted by molar-refractivity contribution is 0.221. The number of phenolic OH excluding ortho intramolecular Hbond substituents is 1. The quantitative estimate of drug-likeness (QED) is 0.415. The molecule has 1 heterocycles. The Bertz CT molecular complexity index is 1330. The van der Waals surface area contributed by atoms with Crippen LogP contribution >= 0.6 is 0 Å². The van der Waals surface area contributed by atoms with Crippen molar-refractivity contribution in [2.24, 2.45) is 0 Å². The highest BCUT2D eigenvalue weighted by atomic mass is 16.3. The maximum absolute atomic E-state index is 11.2. The molecule has 3 nitrogen and oxygen atoms in total. The van der Waals surface area contributed by atoms with E-state index in [2.05, 4.69) is 4.98 Å². The number of aromatic hydroxyl groups is 1. The van der Waals surface area contributed by atoms with Gasteiger partial charge in [-0.25, -0.2) is 0 Å². The van der Waals surface area contributed by atoms with E-state index >= 15 is 0 Å². The molecule has 0 fully saturated rings. The first-order valence-corrected chi connectivity index (χ1v) is 9.55. The molecule has 4 aromatic carbocycles. The van der Waals surface area contributed by atoms with Gasteiger partial charge in [-0.1, -0.05) is 66.7 Å². The van der Waals surface area contributed by atoms with Gasteiger partial charge in [-0.15, -0.1) is 0 Å². The average molecular weight is 377 g/mol. The summed E-state index contributed by atoms with van der Waals surface area (Å²) in [6, 6.07) is 27.3. The van der Waals surface area contributed by atoms with Crippen LogP contribution in [0.2, 0.25) is 0 Å². The normalized spacial score (nSPS) is 12.3. The molecule has 0 aliphatic carbocycles. The standard InChI is InChI=1S/C26H19NO2/c28-23-12-10-18-6-2-4-8-21(18)25(23)24-20-7-3-1-5-17(20)9-11-22(24)26(29)19-13-15-27-16-14-19/h1-16,26,28-29H/t26-/m1/s1. The fourth-order valence-corrected chi connectivity index (χ4v) is 4.04. The number of rotatable bonds is 3. The average Bonchev–Trinajstić information content (AvgIpc) is 2.79. The van der Waals surface area contributed by atoms with Crippen LogP contribution in [0.25, 0.3) is 32.7 Å². The number of aliphatic hydroxyl groups excluding tert-OH is 1. The third kappa shape index (κ3) is 2.93. The lowest BCUT2D eigenvalue weighted by Gasteiger charge is -2.20. The molecule has 140 valence electrons. The first kappa shape index (κ1) is 17.4. The van der Waals surface area contributed by atoms with Crippen LogP contribution < -0.4 is 0 Å². The van der Waals surface area contributed by atoms with E-state index in [1.807, 2.05) is 78.9 Å². The van der Waals surface area contributed by atoms with Gasteiger partial charge in [0.15, 0.2) is 0 Å². The molecule has 0 aliphatic rings. The molecule has 0 aliphatic heterocycles. The molecule has 1 atom stereocenters. The van der Waals surface area contributed by atoms with Crippen LogP contribution in [0.3, 0.4) is 0 Å². The van der Waals surface area contributed by atoms with E-state index in [4.69, 9.17) is 0 Å². The molecular formula is C26H19NO2. The van der Waals surface area contributed by atoms with Crippen molar-refractivity contribution in [1.29, 1.82) is 0 Å². The molecule has 0 radical (unpaired) electrons. The molecule has 0 saturated carbocycles. The van der Waals surface area contributed by atoms with Gasteiger partial charge in [0.05, 0.1) is 0 Å². The van der Waals surface area contributed by atoms with Crippen molar-refractivity contribution < 1.29 is 10.2 Å². The molecule has 5 rings (SSSR count). The van der Waals surface area contributed by atoms with Crippen LogP contribution in [-0.2, 0) is 0 Å². The summed E-state index contributed by atoms with van der Waals surface area (Å²) in [5.41, 5.74) is 3.10. The van der Waals surface area contributed by atoms with Gasteiger partial charge in [0.2, 0.25) is 0 Å². The van der Waals surface area contributed by atoms with E-state index in [0.717, 1.165) is 43.8 Å². The Hall–Kier alpha value is -3.69. The topological polar surface area (TPSA) is 53.4 Å². The molecule has 0 unspecified atom stereocenters. The number of hydrogen-bond acceptors (Lipinski definition) is 3. The van der Waals surface area contributed by atoms with Gasteiger partial charge in [0, 0.05) is 18.0 Å². The van der Waals surface area contributed by atoms with Gasteiger partial charge in [0.25, 0.3) is 0 Å².